The van der Waals surface area contributed by atoms with Crippen molar-refractivity contribution in [2.24, 2.45) is 0 Å². The molecule has 1 fully saturated rings. The number of pyridine rings is 1. The molecule has 0 amide bonds. The van der Waals surface area contributed by atoms with Crippen molar-refractivity contribution in [1.29, 1.82) is 0 Å². The van der Waals surface area contributed by atoms with Crippen LogP contribution in [0, 0.1) is 20.8 Å². The van der Waals surface area contributed by atoms with Gasteiger partial charge in [0.2, 0.25) is 0 Å². The Morgan fingerprint density at radius 2 is 1.72 bits per heavy atom. The van der Waals surface area contributed by atoms with Crippen molar-refractivity contribution in [2.45, 2.75) is 32.9 Å². The van der Waals surface area contributed by atoms with Gasteiger partial charge in [-0.05, 0) is 98.7 Å². The lowest BCUT2D eigenvalue weighted by Crippen LogP contribution is -2.29. The molecule has 1 N–H and O–H groups in total. The second-order valence-electron chi connectivity index (χ2n) is 9.50. The fourth-order valence-electron chi connectivity index (χ4n) is 5.14. The van der Waals surface area contributed by atoms with Crippen LogP contribution in [0.5, 0.6) is 0 Å². The summed E-state index contributed by atoms with van der Waals surface area (Å²) in [5.74, 6) is 0. The van der Waals surface area contributed by atoms with Gasteiger partial charge in [-0.15, -0.1) is 0 Å². The van der Waals surface area contributed by atoms with Gasteiger partial charge in [0.1, 0.15) is 0 Å². The van der Waals surface area contributed by atoms with Gasteiger partial charge in [-0.1, -0.05) is 23.7 Å². The van der Waals surface area contributed by atoms with E-state index in [-0.39, 0.29) is 12.1 Å². The van der Waals surface area contributed by atoms with E-state index >= 15 is 0 Å². The maximum Gasteiger partial charge on any atom is 0.174 e. The minimum atomic E-state index is -0.0957. The second kappa shape index (κ2) is 9.60. The molecule has 4 aromatic rings. The number of nitrogens with zero attached hydrogens (tertiary/aromatic N) is 4. The van der Waals surface area contributed by atoms with Crippen LogP contribution in [-0.4, -0.2) is 28.8 Å². The zero-order valence-electron chi connectivity index (χ0n) is 21.2. The zero-order chi connectivity index (χ0) is 25.6. The third-order valence-corrected chi connectivity index (χ3v) is 7.49. The lowest BCUT2D eigenvalue weighted by molar-refractivity contribution is 0.565. The Morgan fingerprint density at radius 3 is 2.39 bits per heavy atom. The summed E-state index contributed by atoms with van der Waals surface area (Å²) < 4.78 is 2.29. The van der Waals surface area contributed by atoms with Gasteiger partial charge in [0.05, 0.1) is 17.8 Å². The Hall–Kier alpha value is -3.35. The highest BCUT2D eigenvalue weighted by molar-refractivity contribution is 7.80. The van der Waals surface area contributed by atoms with E-state index < -0.39 is 0 Å². The molecule has 184 valence electrons. The molecule has 2 aromatic carbocycles. The number of nitrogens with one attached hydrogen (secondary N) is 1. The Bertz CT molecular complexity index is 1410. The molecule has 36 heavy (non-hydrogen) atoms. The highest BCUT2D eigenvalue weighted by Crippen LogP contribution is 2.44. The van der Waals surface area contributed by atoms with Gasteiger partial charge in [-0.3, -0.25) is 4.98 Å². The minimum absolute atomic E-state index is 0.0722. The van der Waals surface area contributed by atoms with Gasteiger partial charge >= 0.3 is 0 Å². The summed E-state index contributed by atoms with van der Waals surface area (Å²) in [6.07, 6.45) is 1.84. The van der Waals surface area contributed by atoms with Crippen LogP contribution in [0.1, 0.15) is 40.3 Å². The molecule has 3 heterocycles. The minimum Gasteiger partial charge on any atom is -0.378 e. The first-order valence-electron chi connectivity index (χ1n) is 12.0. The first-order chi connectivity index (χ1) is 17.3. The van der Waals surface area contributed by atoms with E-state index in [0.29, 0.717) is 5.11 Å². The van der Waals surface area contributed by atoms with Crippen LogP contribution in [0.15, 0.2) is 72.9 Å². The maximum atomic E-state index is 6.41. The smallest absolute Gasteiger partial charge is 0.174 e. The molecule has 0 unspecified atom stereocenters. The molecule has 2 atom stereocenters. The van der Waals surface area contributed by atoms with E-state index in [2.05, 4.69) is 82.9 Å². The monoisotopic (exact) mass is 515 g/mol. The molecule has 5 nitrogen and oxygen atoms in total. The Labute approximate surface area is 223 Å². The molecule has 1 aliphatic rings. The number of halogens is 1. The van der Waals surface area contributed by atoms with Crippen LogP contribution in [-0.2, 0) is 0 Å². The largest absolute Gasteiger partial charge is 0.378 e. The van der Waals surface area contributed by atoms with Crippen LogP contribution in [0.3, 0.4) is 0 Å². The van der Waals surface area contributed by atoms with E-state index in [1.165, 1.54) is 11.1 Å². The Balaban J connectivity index is 1.67. The molecule has 1 saturated heterocycles. The molecular weight excluding hydrogens is 486 g/mol. The number of anilines is 2. The van der Waals surface area contributed by atoms with Gasteiger partial charge < -0.3 is 19.7 Å². The van der Waals surface area contributed by atoms with Crippen molar-refractivity contribution < 1.29 is 0 Å². The van der Waals surface area contributed by atoms with Crippen LogP contribution >= 0.6 is 23.8 Å². The van der Waals surface area contributed by atoms with Crippen molar-refractivity contribution in [2.75, 3.05) is 23.9 Å². The summed E-state index contributed by atoms with van der Waals surface area (Å²) in [7, 11) is 4.09. The standard InChI is InChI=1S/C29H30ClN5S/c1-18-9-10-21(30)17-26(18)34-19(2)16-24(20(34)3)28-27(25-8-6-7-15-31-25)32-29(36)35(28)23-13-11-22(12-14-23)33(4)5/h6-17,27-28H,1-5H3,(H,32,36)/t27-,28-/m1/s1. The predicted molar refractivity (Wildman–Crippen MR) is 154 cm³/mol. The summed E-state index contributed by atoms with van der Waals surface area (Å²) in [4.78, 5) is 9.02. The van der Waals surface area contributed by atoms with Gasteiger partial charge in [0.25, 0.3) is 0 Å². The highest BCUT2D eigenvalue weighted by atomic mass is 35.5. The number of hydrogen-bond acceptors (Lipinski definition) is 3. The lowest BCUT2D eigenvalue weighted by atomic mass is 9.96. The molecule has 0 spiro atoms. The van der Waals surface area contributed by atoms with Crippen LogP contribution in [0.4, 0.5) is 11.4 Å². The lowest BCUT2D eigenvalue weighted by Gasteiger charge is -2.28. The van der Waals surface area contributed by atoms with Crippen LogP contribution < -0.4 is 15.1 Å². The Morgan fingerprint density at radius 1 is 0.972 bits per heavy atom. The number of hydrogen-bond donors (Lipinski definition) is 1. The van der Waals surface area contributed by atoms with Crippen LogP contribution in [0.2, 0.25) is 5.02 Å². The summed E-state index contributed by atoms with van der Waals surface area (Å²) in [6.45, 7) is 6.43. The van der Waals surface area contributed by atoms with E-state index in [0.717, 1.165) is 39.2 Å². The SMILES string of the molecule is Cc1ccc(Cl)cc1-n1c(C)cc([C@@H]2[C@@H](c3ccccn3)NC(=S)N2c2ccc(N(C)C)cc2)c1C. The second-order valence-corrected chi connectivity index (χ2v) is 10.3. The molecular formula is C29H30ClN5S. The van der Waals surface area contributed by atoms with Gasteiger partial charge in [-0.25, -0.2) is 0 Å². The number of aryl methyl sites for hydroxylation is 2. The molecule has 1 aliphatic heterocycles. The predicted octanol–water partition coefficient (Wildman–Crippen LogP) is 6.69. The van der Waals surface area contributed by atoms with Crippen molar-refractivity contribution in [3.8, 4) is 5.69 Å². The van der Waals surface area contributed by atoms with E-state index in [1.54, 1.807) is 0 Å². The summed E-state index contributed by atoms with van der Waals surface area (Å²) in [5, 5.41) is 4.99. The summed E-state index contributed by atoms with van der Waals surface area (Å²) in [6, 6.07) is 22.7. The topological polar surface area (TPSA) is 36.3 Å². The number of aromatic nitrogens is 2. The quantitative estimate of drug-likeness (QED) is 0.299. The zero-order valence-corrected chi connectivity index (χ0v) is 22.7. The third kappa shape index (κ3) is 4.25. The summed E-state index contributed by atoms with van der Waals surface area (Å²) >= 11 is 12.3. The molecule has 0 aliphatic carbocycles. The highest BCUT2D eigenvalue weighted by Gasteiger charge is 2.42. The van der Waals surface area contributed by atoms with Crippen molar-refractivity contribution in [3.05, 3.63) is 106 Å². The van der Waals surface area contributed by atoms with E-state index in [1.807, 2.05) is 44.6 Å². The Kier molecular flexibility index (Phi) is 6.49. The van der Waals surface area contributed by atoms with Crippen LogP contribution in [0.25, 0.3) is 5.69 Å². The molecule has 0 radical (unpaired) electrons. The summed E-state index contributed by atoms with van der Waals surface area (Å²) in [5.41, 5.74) is 8.92. The fraction of sp³-hybridized carbons (Fsp3) is 0.241. The fourth-order valence-corrected chi connectivity index (χ4v) is 5.65. The average Bonchev–Trinajstić information content (AvgIpc) is 3.36. The molecule has 0 saturated carbocycles. The average molecular weight is 516 g/mol. The molecule has 5 rings (SSSR count). The van der Waals surface area contributed by atoms with Gasteiger partial charge in [-0.2, -0.15) is 0 Å². The maximum absolute atomic E-state index is 6.41. The normalized spacial score (nSPS) is 17.4. The van der Waals surface area contributed by atoms with Crippen molar-refractivity contribution >= 4 is 40.3 Å². The van der Waals surface area contributed by atoms with E-state index in [9.17, 15) is 0 Å². The molecule has 0 bridgehead atoms. The van der Waals surface area contributed by atoms with Gasteiger partial charge in [0.15, 0.2) is 5.11 Å². The van der Waals surface area contributed by atoms with Crippen molar-refractivity contribution in [1.82, 2.24) is 14.9 Å². The first kappa shape index (κ1) is 24.3. The number of rotatable bonds is 5. The third-order valence-electron chi connectivity index (χ3n) is 6.94. The van der Waals surface area contributed by atoms with Crippen molar-refractivity contribution in [3.63, 3.8) is 0 Å². The molecule has 2 aromatic heterocycles. The number of benzene rings is 2. The van der Waals surface area contributed by atoms with Gasteiger partial charge in [0, 0.05) is 53.8 Å². The number of thiocarbonyl (C=S) groups is 1. The molecule has 7 heteroatoms. The van der Waals surface area contributed by atoms with E-state index in [4.69, 9.17) is 28.8 Å². The first-order valence-corrected chi connectivity index (χ1v) is 12.8.